The van der Waals surface area contributed by atoms with Gasteiger partial charge in [-0.25, -0.2) is 13.6 Å². The molecule has 0 saturated heterocycles. The Labute approximate surface area is 84.1 Å². The van der Waals surface area contributed by atoms with Crippen molar-refractivity contribution in [3.63, 3.8) is 0 Å². The molecule has 0 spiro atoms. The summed E-state index contributed by atoms with van der Waals surface area (Å²) in [6.07, 6.45) is 4.02. The normalized spacial score (nSPS) is 18.4. The zero-order chi connectivity index (χ0) is 10.6. The second-order valence-electron chi connectivity index (χ2n) is 3.64. The van der Waals surface area contributed by atoms with E-state index in [0.717, 1.165) is 25.7 Å². The Hall–Kier alpha value is -0.620. The van der Waals surface area contributed by atoms with Gasteiger partial charge in [-0.05, 0) is 12.8 Å². The number of nitrogens with one attached hydrogen (secondary N) is 1. The molecule has 1 aliphatic carbocycles. The van der Waals surface area contributed by atoms with Crippen molar-refractivity contribution in [1.29, 1.82) is 0 Å². The fraction of sp³-hybridized carbons (Fsp3) is 0.875. The molecule has 0 heterocycles. The number of nitrogens with two attached hydrogens (primary N) is 1. The van der Waals surface area contributed by atoms with E-state index in [1.165, 1.54) is 0 Å². The molecule has 1 rings (SSSR count). The molecule has 3 N–H and O–H groups in total. The minimum atomic E-state index is -3.46. The van der Waals surface area contributed by atoms with Gasteiger partial charge in [-0.3, -0.25) is 4.79 Å². The van der Waals surface area contributed by atoms with Crippen LogP contribution in [0.3, 0.4) is 0 Å². The highest BCUT2D eigenvalue weighted by molar-refractivity contribution is 7.89. The maximum absolute atomic E-state index is 11.4. The van der Waals surface area contributed by atoms with Crippen molar-refractivity contribution in [1.82, 2.24) is 5.32 Å². The molecule has 82 valence electrons. The summed E-state index contributed by atoms with van der Waals surface area (Å²) in [5, 5.41) is 7.38. The molecule has 0 bridgehead atoms. The monoisotopic (exact) mass is 220 g/mol. The van der Waals surface area contributed by atoms with Gasteiger partial charge in [-0.15, -0.1) is 0 Å². The largest absolute Gasteiger partial charge is 0.355 e. The van der Waals surface area contributed by atoms with Gasteiger partial charge in [0.05, 0.1) is 5.75 Å². The lowest BCUT2D eigenvalue weighted by Crippen LogP contribution is -2.34. The topological polar surface area (TPSA) is 89.3 Å². The van der Waals surface area contributed by atoms with Gasteiger partial charge < -0.3 is 5.32 Å². The lowest BCUT2D eigenvalue weighted by Gasteiger charge is -2.09. The zero-order valence-corrected chi connectivity index (χ0v) is 8.85. The van der Waals surface area contributed by atoms with Crippen LogP contribution in [-0.4, -0.2) is 26.6 Å². The van der Waals surface area contributed by atoms with Crippen LogP contribution in [0, 0.1) is 5.92 Å². The van der Waals surface area contributed by atoms with E-state index in [1.807, 2.05) is 0 Å². The lowest BCUT2D eigenvalue weighted by atomic mass is 10.1. The Balaban J connectivity index is 2.21. The fourth-order valence-corrected chi connectivity index (χ4v) is 2.04. The molecule has 6 heteroatoms. The SMILES string of the molecule is NS(=O)(=O)CCNC(=O)C1CCCC1. The summed E-state index contributed by atoms with van der Waals surface area (Å²) in [6, 6.07) is 0. The number of carbonyl (C=O) groups excluding carboxylic acids is 1. The predicted octanol–water partition coefficient (Wildman–Crippen LogP) is -0.419. The molecule has 0 radical (unpaired) electrons. The molecular formula is C8H16N2O3S. The molecule has 0 aromatic heterocycles. The Kier molecular flexibility index (Phi) is 3.88. The van der Waals surface area contributed by atoms with Crippen molar-refractivity contribution >= 4 is 15.9 Å². The first-order valence-electron chi connectivity index (χ1n) is 4.77. The lowest BCUT2D eigenvalue weighted by molar-refractivity contribution is -0.124. The van der Waals surface area contributed by atoms with Crippen LogP contribution in [0.15, 0.2) is 0 Å². The van der Waals surface area contributed by atoms with Crippen LogP contribution >= 0.6 is 0 Å². The van der Waals surface area contributed by atoms with Crippen molar-refractivity contribution < 1.29 is 13.2 Å². The van der Waals surface area contributed by atoms with E-state index in [1.54, 1.807) is 0 Å². The van der Waals surface area contributed by atoms with Crippen molar-refractivity contribution in [2.24, 2.45) is 11.1 Å². The van der Waals surface area contributed by atoms with Gasteiger partial charge in [0, 0.05) is 12.5 Å². The summed E-state index contributed by atoms with van der Waals surface area (Å²) in [4.78, 5) is 11.4. The van der Waals surface area contributed by atoms with Gasteiger partial charge in [-0.2, -0.15) is 0 Å². The summed E-state index contributed by atoms with van der Waals surface area (Å²) in [7, 11) is -3.46. The first-order valence-corrected chi connectivity index (χ1v) is 6.49. The van der Waals surface area contributed by atoms with E-state index < -0.39 is 10.0 Å². The van der Waals surface area contributed by atoms with Crippen LogP contribution in [0.1, 0.15) is 25.7 Å². The molecule has 0 aromatic carbocycles. The zero-order valence-electron chi connectivity index (χ0n) is 8.03. The molecule has 1 amide bonds. The summed E-state index contributed by atoms with van der Waals surface area (Å²) in [6.45, 7) is 0.119. The van der Waals surface area contributed by atoms with E-state index in [-0.39, 0.29) is 24.1 Å². The van der Waals surface area contributed by atoms with Crippen LogP contribution in [0.4, 0.5) is 0 Å². The Morgan fingerprint density at radius 1 is 1.36 bits per heavy atom. The van der Waals surface area contributed by atoms with Crippen molar-refractivity contribution in [2.45, 2.75) is 25.7 Å². The highest BCUT2D eigenvalue weighted by Gasteiger charge is 2.22. The predicted molar refractivity (Wildman–Crippen MR) is 52.9 cm³/mol. The van der Waals surface area contributed by atoms with Crippen molar-refractivity contribution in [3.8, 4) is 0 Å². The number of hydrogen-bond donors (Lipinski definition) is 2. The van der Waals surface area contributed by atoms with Crippen LogP contribution in [0.2, 0.25) is 0 Å². The molecule has 1 saturated carbocycles. The molecule has 1 fully saturated rings. The molecule has 1 aliphatic rings. The average Bonchev–Trinajstić information content (AvgIpc) is 2.53. The van der Waals surface area contributed by atoms with E-state index in [2.05, 4.69) is 5.32 Å². The third-order valence-corrected chi connectivity index (χ3v) is 3.18. The van der Waals surface area contributed by atoms with Gasteiger partial charge in [0.15, 0.2) is 0 Å². The molecule has 5 nitrogen and oxygen atoms in total. The Morgan fingerprint density at radius 3 is 2.43 bits per heavy atom. The first-order chi connectivity index (χ1) is 6.49. The van der Waals surface area contributed by atoms with Crippen LogP contribution < -0.4 is 10.5 Å². The van der Waals surface area contributed by atoms with Gasteiger partial charge in [0.25, 0.3) is 0 Å². The summed E-state index contributed by atoms with van der Waals surface area (Å²) in [5.41, 5.74) is 0. The highest BCUT2D eigenvalue weighted by Crippen LogP contribution is 2.24. The Morgan fingerprint density at radius 2 is 1.93 bits per heavy atom. The number of amides is 1. The van der Waals surface area contributed by atoms with Gasteiger partial charge in [0.2, 0.25) is 15.9 Å². The van der Waals surface area contributed by atoms with Crippen LogP contribution in [-0.2, 0) is 14.8 Å². The van der Waals surface area contributed by atoms with E-state index in [4.69, 9.17) is 5.14 Å². The van der Waals surface area contributed by atoms with Crippen molar-refractivity contribution in [2.75, 3.05) is 12.3 Å². The quantitative estimate of drug-likeness (QED) is 0.674. The smallest absolute Gasteiger partial charge is 0.223 e. The second kappa shape index (κ2) is 4.75. The third-order valence-electron chi connectivity index (χ3n) is 2.41. The van der Waals surface area contributed by atoms with E-state index in [9.17, 15) is 13.2 Å². The first kappa shape index (κ1) is 11.5. The minimum absolute atomic E-state index is 0.0360. The van der Waals surface area contributed by atoms with Gasteiger partial charge in [-0.1, -0.05) is 12.8 Å². The van der Waals surface area contributed by atoms with Crippen LogP contribution in [0.5, 0.6) is 0 Å². The van der Waals surface area contributed by atoms with Crippen molar-refractivity contribution in [3.05, 3.63) is 0 Å². The summed E-state index contributed by atoms with van der Waals surface area (Å²) >= 11 is 0. The van der Waals surface area contributed by atoms with Gasteiger partial charge in [0.1, 0.15) is 0 Å². The maximum Gasteiger partial charge on any atom is 0.223 e. The highest BCUT2D eigenvalue weighted by atomic mass is 32.2. The number of sulfonamides is 1. The third kappa shape index (κ3) is 4.06. The molecule has 0 aliphatic heterocycles. The van der Waals surface area contributed by atoms with E-state index in [0.29, 0.717) is 0 Å². The number of rotatable bonds is 4. The molecule has 0 atom stereocenters. The Bertz CT molecular complexity index is 294. The number of carbonyl (C=O) groups is 1. The molecule has 14 heavy (non-hydrogen) atoms. The maximum atomic E-state index is 11.4. The fourth-order valence-electron chi connectivity index (χ4n) is 1.65. The standard InChI is InChI=1S/C8H16N2O3S/c9-14(12,13)6-5-10-8(11)7-3-1-2-4-7/h7H,1-6H2,(H,10,11)(H2,9,12,13). The molecule has 0 aromatic rings. The second-order valence-corrected chi connectivity index (χ2v) is 5.37. The average molecular weight is 220 g/mol. The van der Waals surface area contributed by atoms with Gasteiger partial charge >= 0.3 is 0 Å². The minimum Gasteiger partial charge on any atom is -0.355 e. The molecule has 0 unspecified atom stereocenters. The molecular weight excluding hydrogens is 204 g/mol. The van der Waals surface area contributed by atoms with Crippen LogP contribution in [0.25, 0.3) is 0 Å². The summed E-state index contributed by atoms with van der Waals surface area (Å²) in [5.74, 6) is -0.146. The van der Waals surface area contributed by atoms with E-state index >= 15 is 0 Å². The number of primary sulfonamides is 1. The number of hydrogen-bond acceptors (Lipinski definition) is 3. The summed E-state index contributed by atoms with van der Waals surface area (Å²) < 4.78 is 21.1.